The largest absolute Gasteiger partial charge is 0.497 e. The van der Waals surface area contributed by atoms with Gasteiger partial charge in [-0.25, -0.2) is 0 Å². The van der Waals surface area contributed by atoms with Crippen LogP contribution in [0.3, 0.4) is 0 Å². The van der Waals surface area contributed by atoms with E-state index in [1.165, 1.54) is 25.0 Å². The zero-order valence-corrected chi connectivity index (χ0v) is 8.81. The Morgan fingerprint density at radius 1 is 1.54 bits per heavy atom. The third-order valence-electron chi connectivity index (χ3n) is 2.36. The Balaban J connectivity index is 2.39. The van der Waals surface area contributed by atoms with Gasteiger partial charge in [-0.2, -0.15) is 0 Å². The molecule has 0 aromatic heterocycles. The maximum absolute atomic E-state index is 5.63. The summed E-state index contributed by atoms with van der Waals surface area (Å²) < 4.78 is 5.63. The van der Waals surface area contributed by atoms with Gasteiger partial charge in [0.1, 0.15) is 5.76 Å². The van der Waals surface area contributed by atoms with Gasteiger partial charge in [0.25, 0.3) is 0 Å². The molecule has 13 heavy (non-hydrogen) atoms. The summed E-state index contributed by atoms with van der Waals surface area (Å²) in [7, 11) is 0. The van der Waals surface area contributed by atoms with Gasteiger partial charge >= 0.3 is 0 Å². The van der Waals surface area contributed by atoms with Crippen molar-refractivity contribution < 1.29 is 4.74 Å². The molecule has 1 heterocycles. The summed E-state index contributed by atoms with van der Waals surface area (Å²) >= 11 is 0. The smallest absolute Gasteiger partial charge is 0.109 e. The lowest BCUT2D eigenvalue weighted by Gasteiger charge is -2.23. The Kier molecular flexibility index (Phi) is 4.91. The number of hydrogen-bond acceptors (Lipinski definition) is 2. The summed E-state index contributed by atoms with van der Waals surface area (Å²) in [5, 5.41) is 3.50. The van der Waals surface area contributed by atoms with E-state index in [1.54, 1.807) is 0 Å². The predicted molar refractivity (Wildman–Crippen MR) is 55.6 cm³/mol. The van der Waals surface area contributed by atoms with Crippen LogP contribution in [0.25, 0.3) is 0 Å². The zero-order chi connectivity index (χ0) is 9.52. The van der Waals surface area contributed by atoms with Crippen molar-refractivity contribution >= 4 is 0 Å². The Labute approximate surface area is 81.4 Å². The molecule has 0 amide bonds. The summed E-state index contributed by atoms with van der Waals surface area (Å²) in [5.41, 5.74) is 0. The van der Waals surface area contributed by atoms with Gasteiger partial charge in [-0.3, -0.25) is 0 Å². The molecule has 1 unspecified atom stereocenters. The average molecular weight is 183 g/mol. The Morgan fingerprint density at radius 3 is 2.92 bits per heavy atom. The van der Waals surface area contributed by atoms with Crippen molar-refractivity contribution in [1.82, 2.24) is 5.32 Å². The number of rotatable bonds is 5. The fourth-order valence-electron chi connectivity index (χ4n) is 1.58. The molecular weight excluding hydrogens is 162 g/mol. The summed E-state index contributed by atoms with van der Waals surface area (Å²) in [4.78, 5) is 0. The minimum absolute atomic E-state index is 0.445. The standard InChI is InChI=1S/C11H21NO/c1-3-8-12-10(4-2)11-7-5-6-9-13-11/h7,10,12H,3-6,8-9H2,1-2H3. The van der Waals surface area contributed by atoms with Crippen LogP contribution in [0.2, 0.25) is 0 Å². The average Bonchev–Trinajstić information content (AvgIpc) is 2.21. The van der Waals surface area contributed by atoms with E-state index in [0.717, 1.165) is 19.6 Å². The molecule has 0 aromatic rings. The predicted octanol–water partition coefficient (Wildman–Crippen LogP) is 2.46. The fraction of sp³-hybridized carbons (Fsp3) is 0.818. The maximum atomic E-state index is 5.63. The first-order valence-corrected chi connectivity index (χ1v) is 5.44. The summed E-state index contributed by atoms with van der Waals surface area (Å²) in [5.74, 6) is 1.17. The van der Waals surface area contributed by atoms with Gasteiger partial charge in [-0.05, 0) is 38.3 Å². The lowest BCUT2D eigenvalue weighted by Crippen LogP contribution is -2.32. The lowest BCUT2D eigenvalue weighted by atomic mass is 10.1. The highest BCUT2D eigenvalue weighted by atomic mass is 16.5. The molecule has 0 fully saturated rings. The molecular formula is C11H21NO. The van der Waals surface area contributed by atoms with E-state index in [9.17, 15) is 0 Å². The van der Waals surface area contributed by atoms with E-state index in [1.807, 2.05) is 0 Å². The van der Waals surface area contributed by atoms with Crippen LogP contribution in [-0.2, 0) is 4.74 Å². The number of nitrogens with one attached hydrogen (secondary N) is 1. The molecule has 0 saturated carbocycles. The topological polar surface area (TPSA) is 21.3 Å². The van der Waals surface area contributed by atoms with Gasteiger partial charge in [0.2, 0.25) is 0 Å². The SMILES string of the molecule is CCCNC(CC)C1=CCCCO1. The van der Waals surface area contributed by atoms with Crippen molar-refractivity contribution in [3.05, 3.63) is 11.8 Å². The second-order valence-corrected chi connectivity index (χ2v) is 3.51. The highest BCUT2D eigenvalue weighted by Gasteiger charge is 2.14. The molecule has 2 heteroatoms. The van der Waals surface area contributed by atoms with Crippen LogP contribution in [0, 0.1) is 0 Å². The molecule has 0 bridgehead atoms. The Hall–Kier alpha value is -0.500. The van der Waals surface area contributed by atoms with Crippen molar-refractivity contribution in [1.29, 1.82) is 0 Å². The van der Waals surface area contributed by atoms with Gasteiger partial charge < -0.3 is 10.1 Å². The molecule has 76 valence electrons. The van der Waals surface area contributed by atoms with Crippen molar-refractivity contribution in [2.45, 2.75) is 45.6 Å². The van der Waals surface area contributed by atoms with Crippen LogP contribution in [0.5, 0.6) is 0 Å². The van der Waals surface area contributed by atoms with E-state index in [0.29, 0.717) is 6.04 Å². The molecule has 1 atom stereocenters. The van der Waals surface area contributed by atoms with E-state index in [2.05, 4.69) is 25.2 Å². The fourth-order valence-corrected chi connectivity index (χ4v) is 1.58. The second-order valence-electron chi connectivity index (χ2n) is 3.51. The quantitative estimate of drug-likeness (QED) is 0.707. The van der Waals surface area contributed by atoms with Crippen LogP contribution in [0.4, 0.5) is 0 Å². The van der Waals surface area contributed by atoms with E-state index >= 15 is 0 Å². The molecule has 2 nitrogen and oxygen atoms in total. The van der Waals surface area contributed by atoms with E-state index in [4.69, 9.17) is 4.74 Å². The molecule has 1 aliphatic heterocycles. The van der Waals surface area contributed by atoms with Crippen LogP contribution in [-0.4, -0.2) is 19.2 Å². The van der Waals surface area contributed by atoms with Gasteiger partial charge in [0, 0.05) is 0 Å². The van der Waals surface area contributed by atoms with Crippen molar-refractivity contribution in [2.24, 2.45) is 0 Å². The van der Waals surface area contributed by atoms with Crippen LogP contribution < -0.4 is 5.32 Å². The molecule has 0 aliphatic carbocycles. The molecule has 1 N–H and O–H groups in total. The van der Waals surface area contributed by atoms with E-state index in [-0.39, 0.29) is 0 Å². The van der Waals surface area contributed by atoms with Crippen molar-refractivity contribution in [2.75, 3.05) is 13.2 Å². The van der Waals surface area contributed by atoms with Gasteiger partial charge in [0.05, 0.1) is 12.6 Å². The highest BCUT2D eigenvalue weighted by molar-refractivity contribution is 5.04. The molecule has 0 saturated heterocycles. The number of hydrogen-bond donors (Lipinski definition) is 1. The van der Waals surface area contributed by atoms with Gasteiger partial charge in [-0.15, -0.1) is 0 Å². The van der Waals surface area contributed by atoms with Crippen molar-refractivity contribution in [3.8, 4) is 0 Å². The molecule has 0 aromatic carbocycles. The monoisotopic (exact) mass is 183 g/mol. The van der Waals surface area contributed by atoms with Crippen LogP contribution >= 0.6 is 0 Å². The zero-order valence-electron chi connectivity index (χ0n) is 8.81. The molecule has 0 radical (unpaired) electrons. The third-order valence-corrected chi connectivity index (χ3v) is 2.36. The van der Waals surface area contributed by atoms with Gasteiger partial charge in [-0.1, -0.05) is 13.8 Å². The first-order chi connectivity index (χ1) is 6.38. The summed E-state index contributed by atoms with van der Waals surface area (Å²) in [6.45, 7) is 6.37. The summed E-state index contributed by atoms with van der Waals surface area (Å²) in [6.07, 6.45) is 6.89. The van der Waals surface area contributed by atoms with E-state index < -0.39 is 0 Å². The van der Waals surface area contributed by atoms with Crippen LogP contribution in [0.1, 0.15) is 39.5 Å². The van der Waals surface area contributed by atoms with Crippen molar-refractivity contribution in [3.63, 3.8) is 0 Å². The lowest BCUT2D eigenvalue weighted by molar-refractivity contribution is 0.166. The maximum Gasteiger partial charge on any atom is 0.109 e. The first-order valence-electron chi connectivity index (χ1n) is 5.44. The minimum atomic E-state index is 0.445. The Bertz CT molecular complexity index is 165. The number of allylic oxidation sites excluding steroid dienone is 1. The normalized spacial score (nSPS) is 19.1. The second kappa shape index (κ2) is 6.03. The molecule has 1 aliphatic rings. The van der Waals surface area contributed by atoms with Crippen LogP contribution in [0.15, 0.2) is 11.8 Å². The molecule has 1 rings (SSSR count). The highest BCUT2D eigenvalue weighted by Crippen LogP contribution is 2.15. The first kappa shape index (κ1) is 10.6. The Morgan fingerprint density at radius 2 is 2.38 bits per heavy atom. The number of ether oxygens (including phenoxy) is 1. The summed E-state index contributed by atoms with van der Waals surface area (Å²) in [6, 6.07) is 0.445. The third kappa shape index (κ3) is 3.39. The van der Waals surface area contributed by atoms with Gasteiger partial charge in [0.15, 0.2) is 0 Å². The molecule has 0 spiro atoms. The minimum Gasteiger partial charge on any atom is -0.497 e.